The van der Waals surface area contributed by atoms with Crippen molar-refractivity contribution < 1.29 is 2.74 Å². The van der Waals surface area contributed by atoms with E-state index in [0.717, 1.165) is 25.3 Å². The lowest BCUT2D eigenvalue weighted by atomic mass is 10.1. The fourth-order valence-electron chi connectivity index (χ4n) is 1.16. The van der Waals surface area contributed by atoms with Gasteiger partial charge in [-0.1, -0.05) is 58.1 Å². The van der Waals surface area contributed by atoms with Gasteiger partial charge in [0.05, 0.1) is 1.37 Å². The highest BCUT2D eigenvalue weighted by Gasteiger charge is 1.85. The van der Waals surface area contributed by atoms with Gasteiger partial charge in [0, 0.05) is 1.37 Å². The number of hydrogen-bond acceptors (Lipinski definition) is 0. The molecule has 0 aromatic rings. The van der Waals surface area contributed by atoms with Crippen molar-refractivity contribution in [2.45, 2.75) is 65.2 Å². The molecule has 0 aliphatic heterocycles. The second kappa shape index (κ2) is 10.7. The molecule has 0 saturated heterocycles. The summed E-state index contributed by atoms with van der Waals surface area (Å²) in [6.07, 6.45) is 11.2. The minimum atomic E-state index is 0.451. The van der Waals surface area contributed by atoms with Crippen molar-refractivity contribution in [1.82, 2.24) is 0 Å². The van der Waals surface area contributed by atoms with Crippen LogP contribution in [-0.2, 0) is 0 Å². The second-order valence-corrected chi connectivity index (χ2v) is 3.21. The van der Waals surface area contributed by atoms with Crippen molar-refractivity contribution in [2.24, 2.45) is 0 Å². The van der Waals surface area contributed by atoms with E-state index >= 15 is 0 Å². The zero-order valence-corrected chi connectivity index (χ0v) is 8.44. The summed E-state index contributed by atoms with van der Waals surface area (Å²) in [6, 6.07) is 0.729. The van der Waals surface area contributed by atoms with Crippen LogP contribution in [0.15, 0.2) is 12.1 Å². The monoisotopic (exact) mass is 170 g/mol. The average Bonchev–Trinajstić information content (AvgIpc) is 2.20. The van der Waals surface area contributed by atoms with Crippen molar-refractivity contribution in [3.63, 3.8) is 0 Å². The molecule has 0 unspecified atom stereocenters. The molecule has 0 saturated carbocycles. The van der Waals surface area contributed by atoms with Crippen LogP contribution >= 0.6 is 0 Å². The van der Waals surface area contributed by atoms with Crippen LogP contribution in [0.4, 0.5) is 0 Å². The molecule has 0 aromatic heterocycles. The first kappa shape index (κ1) is 8.34. The van der Waals surface area contributed by atoms with E-state index < -0.39 is 0 Å². The minimum absolute atomic E-state index is 0.451. The molecule has 0 bridgehead atoms. The van der Waals surface area contributed by atoms with E-state index in [4.69, 9.17) is 2.74 Å². The van der Waals surface area contributed by atoms with Gasteiger partial charge in [0.1, 0.15) is 0 Å². The van der Waals surface area contributed by atoms with Gasteiger partial charge < -0.3 is 0 Å². The first-order chi connectivity index (χ1) is 6.81. The zero-order chi connectivity index (χ0) is 10.6. The molecule has 0 radical (unpaired) electrons. The number of unbranched alkanes of at least 4 members (excludes halogenated alkanes) is 5. The molecule has 0 aromatic carbocycles. The number of allylic oxidation sites excluding steroid dienone is 2. The Kier molecular flexibility index (Phi) is 7.47. The second-order valence-electron chi connectivity index (χ2n) is 3.21. The quantitative estimate of drug-likeness (QED) is 0.366. The van der Waals surface area contributed by atoms with Gasteiger partial charge in [0.25, 0.3) is 0 Å². The summed E-state index contributed by atoms with van der Waals surface area (Å²) < 4.78 is 14.5. The van der Waals surface area contributed by atoms with Crippen LogP contribution < -0.4 is 0 Å². The van der Waals surface area contributed by atoms with Gasteiger partial charge in [-0.05, 0) is 19.3 Å². The molecular formula is C12H24. The fraction of sp³-hybridized carbons (Fsp3) is 0.833. The van der Waals surface area contributed by atoms with E-state index in [1.165, 1.54) is 32.1 Å². The lowest BCUT2D eigenvalue weighted by Gasteiger charge is -1.95. The molecule has 0 atom stereocenters. The van der Waals surface area contributed by atoms with Gasteiger partial charge >= 0.3 is 0 Å². The van der Waals surface area contributed by atoms with Gasteiger partial charge in [-0.25, -0.2) is 0 Å². The molecule has 0 heteroatoms. The smallest absolute Gasteiger partial charge is 0.0572 e. The maximum atomic E-state index is 7.57. The van der Waals surface area contributed by atoms with Gasteiger partial charge in [-0.3, -0.25) is 0 Å². The summed E-state index contributed by atoms with van der Waals surface area (Å²) in [5.74, 6) is 0. The van der Waals surface area contributed by atoms with Crippen molar-refractivity contribution in [2.75, 3.05) is 0 Å². The summed E-state index contributed by atoms with van der Waals surface area (Å²) in [4.78, 5) is 0. The Morgan fingerprint density at radius 2 is 1.92 bits per heavy atom. The Balaban J connectivity index is 3.23. The van der Waals surface area contributed by atoms with Crippen LogP contribution in [0.3, 0.4) is 0 Å². The molecule has 0 N–H and O–H groups in total. The third-order valence-electron chi connectivity index (χ3n) is 1.92. The molecular weight excluding hydrogens is 144 g/mol. The maximum absolute atomic E-state index is 7.57. The van der Waals surface area contributed by atoms with E-state index in [-0.39, 0.29) is 0 Å². The molecule has 0 aliphatic carbocycles. The van der Waals surface area contributed by atoms with Crippen LogP contribution in [0, 0.1) is 0 Å². The van der Waals surface area contributed by atoms with Gasteiger partial charge in [0.2, 0.25) is 0 Å². The molecule has 0 heterocycles. The molecule has 0 fully saturated rings. The predicted octanol–water partition coefficient (Wildman–Crippen LogP) is 4.70. The normalized spacial score (nSPS) is 14.2. The minimum Gasteiger partial charge on any atom is -0.0885 e. The third kappa shape index (κ3) is 9.74. The Labute approximate surface area is 80.9 Å². The van der Waals surface area contributed by atoms with Crippen molar-refractivity contribution >= 4 is 0 Å². The first-order valence-electron chi connectivity index (χ1n) is 6.46. The van der Waals surface area contributed by atoms with Crippen molar-refractivity contribution in [3.8, 4) is 0 Å². The van der Waals surface area contributed by atoms with E-state index in [1.807, 2.05) is 6.08 Å². The van der Waals surface area contributed by atoms with Gasteiger partial charge in [-0.15, -0.1) is 0 Å². The number of hydrogen-bond donors (Lipinski definition) is 0. The van der Waals surface area contributed by atoms with Crippen LogP contribution in [0.25, 0.3) is 0 Å². The standard InChI is InChI=1S/C12H24/c1-3-5-7-9-11-12-10-8-6-4-2/h7,9H,3-6,8,10-12H2,1-2H3/b9-7-/i1D,7D. The maximum Gasteiger partial charge on any atom is 0.0572 e. The lowest BCUT2D eigenvalue weighted by molar-refractivity contribution is 0.637. The predicted molar refractivity (Wildman–Crippen MR) is 57.4 cm³/mol. The van der Waals surface area contributed by atoms with Crippen molar-refractivity contribution in [3.05, 3.63) is 12.1 Å². The highest BCUT2D eigenvalue weighted by atomic mass is 13.9. The molecule has 12 heavy (non-hydrogen) atoms. The van der Waals surface area contributed by atoms with E-state index in [0.29, 0.717) is 6.90 Å². The first-order valence-corrected chi connectivity index (χ1v) is 5.26. The van der Waals surface area contributed by atoms with E-state index in [1.54, 1.807) is 0 Å². The fourth-order valence-corrected chi connectivity index (χ4v) is 1.16. The Bertz CT molecular complexity index is 141. The molecule has 0 spiro atoms. The molecule has 0 aliphatic rings. The highest BCUT2D eigenvalue weighted by molar-refractivity contribution is 4.80. The summed E-state index contributed by atoms with van der Waals surface area (Å²) in [5.41, 5.74) is 0. The molecule has 0 nitrogen and oxygen atoms in total. The van der Waals surface area contributed by atoms with E-state index in [9.17, 15) is 0 Å². The van der Waals surface area contributed by atoms with Gasteiger partial charge in [-0.2, -0.15) is 0 Å². The zero-order valence-electron chi connectivity index (χ0n) is 10.4. The Hall–Kier alpha value is -0.260. The van der Waals surface area contributed by atoms with Crippen LogP contribution in [0.5, 0.6) is 0 Å². The molecule has 0 rings (SSSR count). The SMILES string of the molecule is [2H]CCC/C([2H])=C\CCCCCCC. The molecule has 0 amide bonds. The average molecular weight is 170 g/mol. The lowest BCUT2D eigenvalue weighted by Crippen LogP contribution is -1.75. The Morgan fingerprint density at radius 1 is 1.08 bits per heavy atom. The summed E-state index contributed by atoms with van der Waals surface area (Å²) in [7, 11) is 0. The summed E-state index contributed by atoms with van der Waals surface area (Å²) in [5, 5.41) is 0. The Morgan fingerprint density at radius 3 is 2.67 bits per heavy atom. The number of rotatable bonds is 8. The van der Waals surface area contributed by atoms with Crippen molar-refractivity contribution in [1.29, 1.82) is 0 Å². The van der Waals surface area contributed by atoms with E-state index in [2.05, 4.69) is 6.92 Å². The summed E-state index contributed by atoms with van der Waals surface area (Å²) in [6.45, 7) is 2.68. The largest absolute Gasteiger partial charge is 0.0885 e. The summed E-state index contributed by atoms with van der Waals surface area (Å²) >= 11 is 0. The highest BCUT2D eigenvalue weighted by Crippen LogP contribution is 2.05. The molecule has 72 valence electrons. The van der Waals surface area contributed by atoms with Crippen LogP contribution in [0.2, 0.25) is 0 Å². The van der Waals surface area contributed by atoms with Crippen LogP contribution in [0.1, 0.15) is 67.9 Å². The topological polar surface area (TPSA) is 0 Å². The third-order valence-corrected chi connectivity index (χ3v) is 1.92. The van der Waals surface area contributed by atoms with Gasteiger partial charge in [0.15, 0.2) is 0 Å². The van der Waals surface area contributed by atoms with Crippen LogP contribution in [-0.4, -0.2) is 0 Å².